The minimum Gasteiger partial charge on any atom is -0.307 e. The van der Waals surface area contributed by atoms with E-state index in [0.717, 1.165) is 6.07 Å². The summed E-state index contributed by atoms with van der Waals surface area (Å²) in [7, 11) is 0. The number of amides is 2. The Labute approximate surface area is 119 Å². The van der Waals surface area contributed by atoms with E-state index in [2.05, 4.69) is 15.6 Å². The average Bonchev–Trinajstić information content (AvgIpc) is 2.41. The summed E-state index contributed by atoms with van der Waals surface area (Å²) in [5.41, 5.74) is -0.509. The van der Waals surface area contributed by atoms with Gasteiger partial charge in [-0.15, -0.1) is 0 Å². The molecule has 0 saturated heterocycles. The Morgan fingerprint density at radius 2 is 1.81 bits per heavy atom. The van der Waals surface area contributed by atoms with Crippen LogP contribution >= 0.6 is 0 Å². The number of carbonyl (C=O) groups is 1. The molecular weight excluding hydrogens is 283 g/mol. The molecule has 0 bridgehead atoms. The fraction of sp³-hybridized carbons (Fsp3) is 0.143. The Morgan fingerprint density at radius 3 is 2.48 bits per heavy atom. The number of pyridine rings is 1. The Hall–Kier alpha value is -2.57. The number of carbonyl (C=O) groups excluding carboxylic acids is 1. The molecule has 0 radical (unpaired) electrons. The predicted octanol–water partition coefficient (Wildman–Crippen LogP) is 4.05. The number of alkyl halides is 3. The molecule has 0 spiro atoms. The highest BCUT2D eigenvalue weighted by Crippen LogP contribution is 2.34. The number of hydrogen-bond acceptors (Lipinski definition) is 2. The van der Waals surface area contributed by atoms with Crippen molar-refractivity contribution in [3.05, 3.63) is 53.7 Å². The van der Waals surface area contributed by atoms with Crippen LogP contribution in [-0.2, 0) is 6.18 Å². The lowest BCUT2D eigenvalue weighted by atomic mass is 10.1. The topological polar surface area (TPSA) is 54.0 Å². The monoisotopic (exact) mass is 295 g/mol. The third-order valence-corrected chi connectivity index (χ3v) is 2.72. The van der Waals surface area contributed by atoms with E-state index in [4.69, 9.17) is 0 Å². The standard InChI is InChI=1S/C14H12F3N3O/c1-9-5-4-8-18-12(9)20-13(21)19-11-7-3-2-6-10(11)14(15,16)17/h2-8H,1H3,(H2,18,19,20,21). The van der Waals surface area contributed by atoms with Crippen LogP contribution in [0.2, 0.25) is 0 Å². The van der Waals surface area contributed by atoms with Gasteiger partial charge < -0.3 is 5.32 Å². The Kier molecular flexibility index (Phi) is 4.11. The molecule has 2 rings (SSSR count). The van der Waals surface area contributed by atoms with Gasteiger partial charge >= 0.3 is 12.2 Å². The van der Waals surface area contributed by atoms with Crippen molar-refractivity contribution in [2.45, 2.75) is 13.1 Å². The van der Waals surface area contributed by atoms with E-state index in [1.165, 1.54) is 24.4 Å². The maximum Gasteiger partial charge on any atom is 0.418 e. The molecule has 0 saturated carbocycles. The van der Waals surface area contributed by atoms with E-state index in [1.54, 1.807) is 19.1 Å². The van der Waals surface area contributed by atoms with E-state index in [0.29, 0.717) is 11.4 Å². The number of para-hydroxylation sites is 1. The molecule has 21 heavy (non-hydrogen) atoms. The Balaban J connectivity index is 2.16. The van der Waals surface area contributed by atoms with Gasteiger partial charge in [0.15, 0.2) is 0 Å². The molecule has 2 aromatic rings. The van der Waals surface area contributed by atoms with Gasteiger partial charge in [0.1, 0.15) is 5.82 Å². The van der Waals surface area contributed by atoms with Crippen molar-refractivity contribution in [2.24, 2.45) is 0 Å². The van der Waals surface area contributed by atoms with Gasteiger partial charge in [-0.1, -0.05) is 18.2 Å². The molecule has 0 atom stereocenters. The molecular formula is C14H12F3N3O. The van der Waals surface area contributed by atoms with Crippen LogP contribution in [0.25, 0.3) is 0 Å². The first kappa shape index (κ1) is 14.8. The van der Waals surface area contributed by atoms with Crippen molar-refractivity contribution in [3.63, 3.8) is 0 Å². The third-order valence-electron chi connectivity index (χ3n) is 2.72. The minimum absolute atomic E-state index is 0.291. The molecule has 0 aliphatic heterocycles. The van der Waals surface area contributed by atoms with Gasteiger partial charge in [0, 0.05) is 6.20 Å². The van der Waals surface area contributed by atoms with Gasteiger partial charge in [0.25, 0.3) is 0 Å². The van der Waals surface area contributed by atoms with Crippen LogP contribution in [0.4, 0.5) is 29.5 Å². The number of aryl methyl sites for hydroxylation is 1. The zero-order valence-corrected chi connectivity index (χ0v) is 11.0. The van der Waals surface area contributed by atoms with Crippen molar-refractivity contribution in [2.75, 3.05) is 10.6 Å². The van der Waals surface area contributed by atoms with Crippen LogP contribution < -0.4 is 10.6 Å². The highest BCUT2D eigenvalue weighted by atomic mass is 19.4. The lowest BCUT2D eigenvalue weighted by Gasteiger charge is -2.14. The predicted molar refractivity (Wildman–Crippen MR) is 73.1 cm³/mol. The van der Waals surface area contributed by atoms with Gasteiger partial charge in [-0.25, -0.2) is 9.78 Å². The highest BCUT2D eigenvalue weighted by molar-refractivity contribution is 6.00. The number of halogens is 3. The number of anilines is 2. The zero-order chi connectivity index (χ0) is 15.5. The van der Waals surface area contributed by atoms with Crippen molar-refractivity contribution in [1.29, 1.82) is 0 Å². The number of aromatic nitrogens is 1. The Bertz CT molecular complexity index is 656. The fourth-order valence-corrected chi connectivity index (χ4v) is 1.72. The molecule has 1 aromatic heterocycles. The highest BCUT2D eigenvalue weighted by Gasteiger charge is 2.33. The van der Waals surface area contributed by atoms with Gasteiger partial charge in [-0.2, -0.15) is 13.2 Å². The average molecular weight is 295 g/mol. The van der Waals surface area contributed by atoms with E-state index < -0.39 is 17.8 Å². The van der Waals surface area contributed by atoms with E-state index in [9.17, 15) is 18.0 Å². The molecule has 0 aliphatic rings. The second-order valence-corrected chi connectivity index (χ2v) is 4.29. The number of urea groups is 1. The summed E-state index contributed by atoms with van der Waals surface area (Å²) in [6.07, 6.45) is -3.06. The first-order chi connectivity index (χ1) is 9.88. The third kappa shape index (κ3) is 3.71. The first-order valence-electron chi connectivity index (χ1n) is 6.04. The fourth-order valence-electron chi connectivity index (χ4n) is 1.72. The summed E-state index contributed by atoms with van der Waals surface area (Å²) < 4.78 is 38.4. The summed E-state index contributed by atoms with van der Waals surface area (Å²) in [5, 5.41) is 4.59. The van der Waals surface area contributed by atoms with Crippen LogP contribution in [0.3, 0.4) is 0 Å². The summed E-state index contributed by atoms with van der Waals surface area (Å²) in [4.78, 5) is 15.7. The maximum absolute atomic E-state index is 12.8. The lowest BCUT2D eigenvalue weighted by molar-refractivity contribution is -0.136. The number of nitrogens with zero attached hydrogens (tertiary/aromatic N) is 1. The van der Waals surface area contributed by atoms with Crippen LogP contribution in [0, 0.1) is 6.92 Å². The van der Waals surface area contributed by atoms with Gasteiger partial charge in [-0.05, 0) is 30.7 Å². The van der Waals surface area contributed by atoms with Gasteiger partial charge in [0.2, 0.25) is 0 Å². The quantitative estimate of drug-likeness (QED) is 0.878. The summed E-state index contributed by atoms with van der Waals surface area (Å²) in [6.45, 7) is 1.73. The second kappa shape index (κ2) is 5.82. The number of hydrogen-bond donors (Lipinski definition) is 2. The normalized spacial score (nSPS) is 11.0. The molecule has 4 nitrogen and oxygen atoms in total. The molecule has 2 N–H and O–H groups in total. The molecule has 2 amide bonds. The summed E-state index contributed by atoms with van der Waals surface area (Å²) >= 11 is 0. The molecule has 1 heterocycles. The molecule has 0 fully saturated rings. The van der Waals surface area contributed by atoms with Crippen molar-refractivity contribution < 1.29 is 18.0 Å². The van der Waals surface area contributed by atoms with Crippen molar-refractivity contribution >= 4 is 17.5 Å². The van der Waals surface area contributed by atoms with Crippen molar-refractivity contribution in [3.8, 4) is 0 Å². The van der Waals surface area contributed by atoms with Gasteiger partial charge in [-0.3, -0.25) is 5.32 Å². The smallest absolute Gasteiger partial charge is 0.307 e. The van der Waals surface area contributed by atoms with E-state index >= 15 is 0 Å². The van der Waals surface area contributed by atoms with Crippen LogP contribution in [0.5, 0.6) is 0 Å². The largest absolute Gasteiger partial charge is 0.418 e. The van der Waals surface area contributed by atoms with Crippen LogP contribution in [0.1, 0.15) is 11.1 Å². The number of benzene rings is 1. The van der Waals surface area contributed by atoms with Crippen molar-refractivity contribution in [1.82, 2.24) is 4.98 Å². The first-order valence-corrected chi connectivity index (χ1v) is 6.04. The van der Waals surface area contributed by atoms with Crippen LogP contribution in [-0.4, -0.2) is 11.0 Å². The lowest BCUT2D eigenvalue weighted by Crippen LogP contribution is -2.22. The number of rotatable bonds is 2. The number of nitrogens with one attached hydrogen (secondary N) is 2. The Morgan fingerprint density at radius 1 is 1.10 bits per heavy atom. The summed E-state index contributed by atoms with van der Waals surface area (Å²) in [5.74, 6) is 0.291. The minimum atomic E-state index is -4.54. The molecule has 0 unspecified atom stereocenters. The zero-order valence-electron chi connectivity index (χ0n) is 11.0. The summed E-state index contributed by atoms with van der Waals surface area (Å²) in [6, 6.07) is 7.40. The van der Waals surface area contributed by atoms with E-state index in [1.807, 2.05) is 0 Å². The molecule has 0 aliphatic carbocycles. The maximum atomic E-state index is 12.8. The van der Waals surface area contributed by atoms with Crippen LogP contribution in [0.15, 0.2) is 42.6 Å². The van der Waals surface area contributed by atoms with Gasteiger partial charge in [0.05, 0.1) is 11.3 Å². The SMILES string of the molecule is Cc1cccnc1NC(=O)Nc1ccccc1C(F)(F)F. The molecule has 110 valence electrons. The van der Waals surface area contributed by atoms with E-state index in [-0.39, 0.29) is 5.69 Å². The molecule has 1 aromatic carbocycles. The second-order valence-electron chi connectivity index (χ2n) is 4.29. The molecule has 7 heteroatoms.